The molecule has 2 fully saturated rings. The predicted molar refractivity (Wildman–Crippen MR) is 103 cm³/mol. The van der Waals surface area contributed by atoms with Gasteiger partial charge in [0, 0.05) is 45.3 Å². The number of amides is 1. The number of benzene rings is 1. The summed E-state index contributed by atoms with van der Waals surface area (Å²) >= 11 is 0. The normalized spacial score (nSPS) is 23.0. The van der Waals surface area contributed by atoms with E-state index in [0.29, 0.717) is 18.4 Å². The standard InChI is InChI=1S/C21H33N3O/c1-18-6-5-7-19(16-18)17-21(25)24-10-4-3-8-20(24)9-11-23-14-12-22(2)13-15-23/h5-7,16,20H,3-4,8-15,17H2,1-2H3/t20-/m1/s1. The van der Waals surface area contributed by atoms with Gasteiger partial charge in [-0.1, -0.05) is 29.8 Å². The van der Waals surface area contributed by atoms with E-state index in [0.717, 1.165) is 31.5 Å². The average Bonchev–Trinajstić information content (AvgIpc) is 2.61. The fraction of sp³-hybridized carbons (Fsp3) is 0.667. The Morgan fingerprint density at radius 3 is 2.68 bits per heavy atom. The van der Waals surface area contributed by atoms with E-state index in [4.69, 9.17) is 0 Å². The number of piperazine rings is 1. The van der Waals surface area contributed by atoms with Gasteiger partial charge < -0.3 is 14.7 Å². The summed E-state index contributed by atoms with van der Waals surface area (Å²) in [7, 11) is 2.20. The molecule has 2 aliphatic heterocycles. The van der Waals surface area contributed by atoms with E-state index in [1.165, 1.54) is 44.6 Å². The molecule has 0 aromatic heterocycles. The lowest BCUT2D eigenvalue weighted by Crippen LogP contribution is -2.48. The maximum atomic E-state index is 12.9. The molecule has 0 saturated carbocycles. The molecule has 25 heavy (non-hydrogen) atoms. The van der Waals surface area contributed by atoms with Gasteiger partial charge in [-0.25, -0.2) is 0 Å². The van der Waals surface area contributed by atoms with Gasteiger partial charge in [-0.3, -0.25) is 4.79 Å². The molecule has 3 rings (SSSR count). The first kappa shape index (κ1) is 18.4. The molecule has 2 heterocycles. The van der Waals surface area contributed by atoms with Crippen molar-refractivity contribution in [3.63, 3.8) is 0 Å². The Balaban J connectivity index is 1.53. The molecule has 0 bridgehead atoms. The Morgan fingerprint density at radius 1 is 1.12 bits per heavy atom. The maximum Gasteiger partial charge on any atom is 0.227 e. The molecule has 4 heteroatoms. The van der Waals surface area contributed by atoms with E-state index in [2.05, 4.69) is 52.9 Å². The van der Waals surface area contributed by atoms with Crippen LogP contribution < -0.4 is 0 Å². The van der Waals surface area contributed by atoms with Crippen molar-refractivity contribution in [2.45, 2.75) is 45.1 Å². The molecule has 0 spiro atoms. The average molecular weight is 344 g/mol. The molecule has 1 atom stereocenters. The molecule has 2 aliphatic rings. The fourth-order valence-electron chi connectivity index (χ4n) is 4.13. The van der Waals surface area contributed by atoms with Crippen LogP contribution in [-0.2, 0) is 11.2 Å². The summed E-state index contributed by atoms with van der Waals surface area (Å²) in [5.41, 5.74) is 2.38. The van der Waals surface area contributed by atoms with Gasteiger partial charge in [0.05, 0.1) is 6.42 Å². The number of hydrogen-bond donors (Lipinski definition) is 0. The molecule has 2 saturated heterocycles. The van der Waals surface area contributed by atoms with Crippen molar-refractivity contribution >= 4 is 5.91 Å². The highest BCUT2D eigenvalue weighted by atomic mass is 16.2. The summed E-state index contributed by atoms with van der Waals surface area (Å²) in [5.74, 6) is 0.314. The summed E-state index contributed by atoms with van der Waals surface area (Å²) < 4.78 is 0. The third kappa shape index (κ3) is 5.29. The lowest BCUT2D eigenvalue weighted by molar-refractivity contribution is -0.134. The van der Waals surface area contributed by atoms with Crippen LogP contribution in [0.3, 0.4) is 0 Å². The smallest absolute Gasteiger partial charge is 0.227 e. The minimum atomic E-state index is 0.314. The van der Waals surface area contributed by atoms with Crippen LogP contribution in [-0.4, -0.2) is 73.0 Å². The molecule has 0 radical (unpaired) electrons. The summed E-state index contributed by atoms with van der Waals surface area (Å²) in [6.07, 6.45) is 5.27. The Bertz CT molecular complexity index is 566. The van der Waals surface area contributed by atoms with Crippen LogP contribution in [0.1, 0.15) is 36.8 Å². The zero-order valence-corrected chi connectivity index (χ0v) is 15.9. The van der Waals surface area contributed by atoms with Crippen LogP contribution in [0, 0.1) is 6.92 Å². The van der Waals surface area contributed by atoms with Gasteiger partial charge in [-0.15, -0.1) is 0 Å². The number of rotatable bonds is 5. The summed E-state index contributed by atoms with van der Waals surface area (Å²) in [4.78, 5) is 20.0. The van der Waals surface area contributed by atoms with Crippen LogP contribution in [0.4, 0.5) is 0 Å². The second-order valence-electron chi connectivity index (χ2n) is 7.84. The lowest BCUT2D eigenvalue weighted by atomic mass is 9.97. The Hall–Kier alpha value is -1.39. The maximum absolute atomic E-state index is 12.9. The molecular weight excluding hydrogens is 310 g/mol. The van der Waals surface area contributed by atoms with Crippen LogP contribution in [0.2, 0.25) is 0 Å². The molecule has 138 valence electrons. The fourth-order valence-corrected chi connectivity index (χ4v) is 4.13. The minimum absolute atomic E-state index is 0.314. The molecule has 1 aromatic carbocycles. The first-order chi connectivity index (χ1) is 12.1. The molecule has 0 aliphatic carbocycles. The van der Waals surface area contributed by atoms with Crippen molar-refractivity contribution in [1.29, 1.82) is 0 Å². The number of likely N-dealkylation sites (tertiary alicyclic amines) is 1. The van der Waals surface area contributed by atoms with Gasteiger partial charge in [0.25, 0.3) is 0 Å². The highest BCUT2D eigenvalue weighted by molar-refractivity contribution is 5.79. The van der Waals surface area contributed by atoms with Gasteiger partial charge in [0.15, 0.2) is 0 Å². The van der Waals surface area contributed by atoms with E-state index in [1.807, 2.05) is 0 Å². The van der Waals surface area contributed by atoms with Crippen molar-refractivity contribution in [3.8, 4) is 0 Å². The predicted octanol–water partition coefficient (Wildman–Crippen LogP) is 2.56. The van der Waals surface area contributed by atoms with Crippen molar-refractivity contribution in [1.82, 2.24) is 14.7 Å². The van der Waals surface area contributed by atoms with Crippen LogP contribution in [0.15, 0.2) is 24.3 Å². The van der Waals surface area contributed by atoms with Crippen molar-refractivity contribution in [2.24, 2.45) is 0 Å². The number of carbonyl (C=O) groups is 1. The third-order valence-electron chi connectivity index (χ3n) is 5.76. The van der Waals surface area contributed by atoms with E-state index < -0.39 is 0 Å². The van der Waals surface area contributed by atoms with E-state index in [9.17, 15) is 4.79 Å². The number of piperidine rings is 1. The molecule has 0 N–H and O–H groups in total. The Labute approximate surface area is 152 Å². The SMILES string of the molecule is Cc1cccc(CC(=O)N2CCCC[C@@H]2CCN2CCN(C)CC2)c1. The number of hydrogen-bond acceptors (Lipinski definition) is 3. The number of carbonyl (C=O) groups excluding carboxylic acids is 1. The highest BCUT2D eigenvalue weighted by Crippen LogP contribution is 2.21. The second kappa shape index (κ2) is 8.81. The molecular formula is C21H33N3O. The van der Waals surface area contributed by atoms with Gasteiger partial charge >= 0.3 is 0 Å². The number of likely N-dealkylation sites (N-methyl/N-ethyl adjacent to an activating group) is 1. The topological polar surface area (TPSA) is 26.8 Å². The largest absolute Gasteiger partial charge is 0.339 e. The quantitative estimate of drug-likeness (QED) is 0.822. The molecule has 1 aromatic rings. The summed E-state index contributed by atoms with van der Waals surface area (Å²) in [6.45, 7) is 8.83. The lowest BCUT2D eigenvalue weighted by Gasteiger charge is -2.38. The third-order valence-corrected chi connectivity index (χ3v) is 5.76. The monoisotopic (exact) mass is 343 g/mol. The number of nitrogens with zero attached hydrogens (tertiary/aromatic N) is 3. The summed E-state index contributed by atoms with van der Waals surface area (Å²) in [6, 6.07) is 8.80. The van der Waals surface area contributed by atoms with Gasteiger partial charge in [0.1, 0.15) is 0 Å². The van der Waals surface area contributed by atoms with Crippen LogP contribution in [0.25, 0.3) is 0 Å². The van der Waals surface area contributed by atoms with Crippen LogP contribution >= 0.6 is 0 Å². The highest BCUT2D eigenvalue weighted by Gasteiger charge is 2.27. The van der Waals surface area contributed by atoms with E-state index in [1.54, 1.807) is 0 Å². The van der Waals surface area contributed by atoms with Crippen LogP contribution in [0.5, 0.6) is 0 Å². The first-order valence-corrected chi connectivity index (χ1v) is 9.88. The zero-order valence-electron chi connectivity index (χ0n) is 15.9. The Morgan fingerprint density at radius 2 is 1.92 bits per heavy atom. The molecule has 0 unspecified atom stereocenters. The first-order valence-electron chi connectivity index (χ1n) is 9.88. The second-order valence-corrected chi connectivity index (χ2v) is 7.84. The van der Waals surface area contributed by atoms with Gasteiger partial charge in [-0.05, 0) is 45.2 Å². The Kier molecular flexibility index (Phi) is 6.49. The van der Waals surface area contributed by atoms with Crippen molar-refractivity contribution in [2.75, 3.05) is 46.3 Å². The number of aryl methyl sites for hydroxylation is 1. The van der Waals surface area contributed by atoms with Gasteiger partial charge in [-0.2, -0.15) is 0 Å². The summed E-state index contributed by atoms with van der Waals surface area (Å²) in [5, 5.41) is 0. The zero-order chi connectivity index (χ0) is 17.6. The van der Waals surface area contributed by atoms with Gasteiger partial charge in [0.2, 0.25) is 5.91 Å². The molecule has 4 nitrogen and oxygen atoms in total. The van der Waals surface area contributed by atoms with Crippen molar-refractivity contribution < 1.29 is 4.79 Å². The minimum Gasteiger partial charge on any atom is -0.339 e. The van der Waals surface area contributed by atoms with E-state index >= 15 is 0 Å². The van der Waals surface area contributed by atoms with Crippen molar-refractivity contribution in [3.05, 3.63) is 35.4 Å². The van der Waals surface area contributed by atoms with E-state index in [-0.39, 0.29) is 0 Å². The molecule has 1 amide bonds.